The number of piperazine rings is 1. The molecule has 2 N–H and O–H groups in total. The second kappa shape index (κ2) is 11.2. The molecule has 0 unspecified atom stereocenters. The minimum absolute atomic E-state index is 0.177. The number of fused-ring (bicyclic) bond motifs is 1. The van der Waals surface area contributed by atoms with E-state index in [0.29, 0.717) is 29.1 Å². The summed E-state index contributed by atoms with van der Waals surface area (Å²) >= 11 is 0. The smallest absolute Gasteiger partial charge is 0.271 e. The Morgan fingerprint density at radius 2 is 1.88 bits per heavy atom. The first kappa shape index (κ1) is 26.7. The molecule has 41 heavy (non-hydrogen) atoms. The monoisotopic (exact) mass is 554 g/mol. The number of hydrogen-bond donors (Lipinski definition) is 2. The average molecular weight is 555 g/mol. The topological polar surface area (TPSA) is 120 Å². The number of nitrogens with zero attached hydrogens (tertiary/aromatic N) is 6. The summed E-state index contributed by atoms with van der Waals surface area (Å²) in [6.45, 7) is 4.15. The molecule has 2 fully saturated rings. The number of anilines is 2. The normalized spacial score (nSPS) is 15.6. The number of nitrogens with one attached hydrogen (secondary N) is 2. The largest absolute Gasteiger partial charge is 0.494 e. The summed E-state index contributed by atoms with van der Waals surface area (Å²) in [7, 11) is 4.98. The number of hydrogen-bond acceptors (Lipinski definition) is 8. The van der Waals surface area contributed by atoms with E-state index in [-0.39, 0.29) is 11.8 Å². The molecular weight excluding hydrogens is 520 g/mol. The number of carbonyl (C=O) groups is 2. The lowest BCUT2D eigenvalue weighted by atomic mass is 10.0. The molecule has 2 amide bonds. The van der Waals surface area contributed by atoms with Crippen molar-refractivity contribution in [2.45, 2.75) is 19.4 Å². The number of amides is 2. The lowest BCUT2D eigenvalue weighted by Gasteiger charge is -2.34. The molecule has 1 aliphatic carbocycles. The van der Waals surface area contributed by atoms with Gasteiger partial charge in [0.25, 0.3) is 5.91 Å². The van der Waals surface area contributed by atoms with Gasteiger partial charge in [-0.2, -0.15) is 0 Å². The maximum atomic E-state index is 12.5. The summed E-state index contributed by atoms with van der Waals surface area (Å²) in [6.07, 6.45) is 5.48. The van der Waals surface area contributed by atoms with Gasteiger partial charge in [0.15, 0.2) is 0 Å². The van der Waals surface area contributed by atoms with E-state index in [4.69, 9.17) is 4.74 Å². The molecule has 1 aromatic carbocycles. The van der Waals surface area contributed by atoms with Crippen molar-refractivity contribution in [3.05, 3.63) is 60.0 Å². The van der Waals surface area contributed by atoms with E-state index >= 15 is 0 Å². The van der Waals surface area contributed by atoms with Crippen LogP contribution in [-0.4, -0.2) is 93.8 Å². The van der Waals surface area contributed by atoms with Gasteiger partial charge < -0.3 is 24.8 Å². The van der Waals surface area contributed by atoms with Crippen molar-refractivity contribution < 1.29 is 14.3 Å². The van der Waals surface area contributed by atoms with E-state index in [1.54, 1.807) is 39.7 Å². The Morgan fingerprint density at radius 1 is 1.07 bits per heavy atom. The number of aromatic amines is 1. The SMILES string of the molecule is COc1cnc(C(=O)N(C)C)cc1-c1ccc2nc(Nc3cc(CN4CCN(C(=O)C5CC5)CC4)ccn3)[nH]c2c1. The maximum Gasteiger partial charge on any atom is 0.271 e. The molecule has 11 heteroatoms. The first-order chi connectivity index (χ1) is 19.9. The number of ether oxygens (including phenoxy) is 1. The Labute approximate surface area is 238 Å². The van der Waals surface area contributed by atoms with Crippen LogP contribution in [0.25, 0.3) is 22.2 Å². The van der Waals surface area contributed by atoms with Crippen molar-refractivity contribution in [2.24, 2.45) is 5.92 Å². The Kier molecular flexibility index (Phi) is 7.27. The molecule has 4 heterocycles. The number of pyridine rings is 2. The third-order valence-electron chi connectivity index (χ3n) is 7.59. The summed E-state index contributed by atoms with van der Waals surface area (Å²) in [5.41, 5.74) is 4.76. The molecule has 0 radical (unpaired) electrons. The molecule has 0 spiro atoms. The number of benzene rings is 1. The molecule has 1 aliphatic heterocycles. The summed E-state index contributed by atoms with van der Waals surface area (Å²) in [6, 6.07) is 11.7. The molecular formula is C30H34N8O3. The maximum absolute atomic E-state index is 12.5. The predicted octanol–water partition coefficient (Wildman–Crippen LogP) is 3.53. The standard InChI is InChI=1S/C30H34N8O3/c1-36(2)29(40)25-16-22(26(41-3)17-32-25)21-6-7-23-24(15-21)34-30(33-23)35-27-14-19(8-9-31-27)18-37-10-12-38(13-11-37)28(39)20-4-5-20/h6-9,14-17,20H,4-5,10-13,18H2,1-3H3,(H2,31,33,34,35). The van der Waals surface area contributed by atoms with Crippen LogP contribution in [0.2, 0.25) is 0 Å². The number of carbonyl (C=O) groups excluding carboxylic acids is 2. The van der Waals surface area contributed by atoms with E-state index in [2.05, 4.69) is 30.2 Å². The fourth-order valence-corrected chi connectivity index (χ4v) is 5.15. The van der Waals surface area contributed by atoms with Crippen LogP contribution in [0.3, 0.4) is 0 Å². The van der Waals surface area contributed by atoms with Gasteiger partial charge in [0.2, 0.25) is 11.9 Å². The molecule has 0 bridgehead atoms. The molecule has 4 aromatic rings. The van der Waals surface area contributed by atoms with Crippen LogP contribution < -0.4 is 10.1 Å². The van der Waals surface area contributed by atoms with Crippen LogP contribution in [0.5, 0.6) is 5.75 Å². The number of rotatable bonds is 8. The van der Waals surface area contributed by atoms with E-state index < -0.39 is 0 Å². The molecule has 212 valence electrons. The van der Waals surface area contributed by atoms with Gasteiger partial charge in [0, 0.05) is 64.5 Å². The van der Waals surface area contributed by atoms with Gasteiger partial charge in [-0.15, -0.1) is 0 Å². The van der Waals surface area contributed by atoms with Crippen molar-refractivity contribution >= 4 is 34.6 Å². The highest BCUT2D eigenvalue weighted by molar-refractivity contribution is 5.94. The Hall–Kier alpha value is -4.51. The molecule has 2 aliphatic rings. The number of methoxy groups -OCH3 is 1. The van der Waals surface area contributed by atoms with Crippen molar-refractivity contribution in [1.29, 1.82) is 0 Å². The minimum atomic E-state index is -0.177. The van der Waals surface area contributed by atoms with E-state index in [1.165, 1.54) is 4.90 Å². The van der Waals surface area contributed by atoms with Crippen LogP contribution in [0.1, 0.15) is 28.9 Å². The van der Waals surface area contributed by atoms with Gasteiger partial charge in [-0.3, -0.25) is 14.5 Å². The highest BCUT2D eigenvalue weighted by Gasteiger charge is 2.34. The van der Waals surface area contributed by atoms with E-state index in [9.17, 15) is 9.59 Å². The second-order valence-electron chi connectivity index (χ2n) is 10.8. The van der Waals surface area contributed by atoms with Crippen LogP contribution in [-0.2, 0) is 11.3 Å². The third kappa shape index (κ3) is 5.85. The molecule has 6 rings (SSSR count). The molecule has 0 atom stereocenters. The highest BCUT2D eigenvalue weighted by atomic mass is 16.5. The molecule has 3 aromatic heterocycles. The van der Waals surface area contributed by atoms with Crippen LogP contribution in [0, 0.1) is 5.92 Å². The quantitative estimate of drug-likeness (QED) is 0.340. The molecule has 1 saturated carbocycles. The van der Waals surface area contributed by atoms with Gasteiger partial charge in [0.05, 0.1) is 24.3 Å². The van der Waals surface area contributed by atoms with Crippen molar-refractivity contribution in [1.82, 2.24) is 34.6 Å². The summed E-state index contributed by atoms with van der Waals surface area (Å²) < 4.78 is 5.53. The Balaban J connectivity index is 1.15. The lowest BCUT2D eigenvalue weighted by molar-refractivity contribution is -0.134. The van der Waals surface area contributed by atoms with E-state index in [0.717, 1.165) is 73.3 Å². The zero-order chi connectivity index (χ0) is 28.5. The van der Waals surface area contributed by atoms with Crippen LogP contribution in [0.4, 0.5) is 11.8 Å². The third-order valence-corrected chi connectivity index (χ3v) is 7.59. The Bertz CT molecular complexity index is 1590. The van der Waals surface area contributed by atoms with Gasteiger partial charge in [-0.05, 0) is 54.3 Å². The van der Waals surface area contributed by atoms with Crippen molar-refractivity contribution in [3.63, 3.8) is 0 Å². The van der Waals surface area contributed by atoms with Crippen LogP contribution in [0.15, 0.2) is 48.8 Å². The first-order valence-electron chi connectivity index (χ1n) is 13.9. The van der Waals surface area contributed by atoms with Crippen molar-refractivity contribution in [2.75, 3.05) is 52.7 Å². The molecule has 1 saturated heterocycles. The highest BCUT2D eigenvalue weighted by Crippen LogP contribution is 2.33. The van der Waals surface area contributed by atoms with Crippen LogP contribution >= 0.6 is 0 Å². The number of aromatic nitrogens is 4. The van der Waals surface area contributed by atoms with Crippen molar-refractivity contribution in [3.8, 4) is 16.9 Å². The Morgan fingerprint density at radius 3 is 2.61 bits per heavy atom. The second-order valence-corrected chi connectivity index (χ2v) is 10.8. The van der Waals surface area contributed by atoms with Gasteiger partial charge in [-0.1, -0.05) is 6.07 Å². The van der Waals surface area contributed by atoms with Gasteiger partial charge in [-0.25, -0.2) is 15.0 Å². The summed E-state index contributed by atoms with van der Waals surface area (Å²) in [5, 5.41) is 3.30. The van der Waals surface area contributed by atoms with E-state index in [1.807, 2.05) is 35.2 Å². The van der Waals surface area contributed by atoms with Gasteiger partial charge in [0.1, 0.15) is 17.3 Å². The predicted molar refractivity (Wildman–Crippen MR) is 156 cm³/mol. The fraction of sp³-hybridized carbons (Fsp3) is 0.367. The zero-order valence-corrected chi connectivity index (χ0v) is 23.6. The lowest BCUT2D eigenvalue weighted by Crippen LogP contribution is -2.48. The zero-order valence-electron chi connectivity index (χ0n) is 23.6. The number of H-pyrrole nitrogens is 1. The summed E-state index contributed by atoms with van der Waals surface area (Å²) in [4.78, 5) is 47.5. The number of imidazole rings is 1. The first-order valence-corrected chi connectivity index (χ1v) is 13.9. The summed E-state index contributed by atoms with van der Waals surface area (Å²) in [5.74, 6) is 2.30. The van der Waals surface area contributed by atoms with Gasteiger partial charge >= 0.3 is 0 Å². The average Bonchev–Trinajstić information content (AvgIpc) is 3.76. The minimum Gasteiger partial charge on any atom is -0.494 e. The molecule has 11 nitrogen and oxygen atoms in total. The fourth-order valence-electron chi connectivity index (χ4n) is 5.15.